The molecule has 0 amide bonds. The molecule has 0 aliphatic carbocycles. The van der Waals surface area contributed by atoms with Crippen LogP contribution in [0.4, 0.5) is 11.4 Å². The molecule has 0 saturated carbocycles. The molecular weight excluding hydrogens is 232 g/mol. The quantitative estimate of drug-likeness (QED) is 0.811. The van der Waals surface area contributed by atoms with Gasteiger partial charge in [0, 0.05) is 16.8 Å². The zero-order valence-electron chi connectivity index (χ0n) is 11.7. The SMILES string of the molecule is CCC(CC)(c1ccc(N)cc1)c1ccc(N)cc1. The Balaban J connectivity index is 2.53. The summed E-state index contributed by atoms with van der Waals surface area (Å²) < 4.78 is 0. The van der Waals surface area contributed by atoms with E-state index < -0.39 is 0 Å². The summed E-state index contributed by atoms with van der Waals surface area (Å²) in [4.78, 5) is 0. The molecule has 19 heavy (non-hydrogen) atoms. The van der Waals surface area contributed by atoms with Gasteiger partial charge in [-0.15, -0.1) is 0 Å². The third-order valence-corrected chi connectivity index (χ3v) is 4.13. The van der Waals surface area contributed by atoms with Crippen molar-refractivity contribution in [3.63, 3.8) is 0 Å². The summed E-state index contributed by atoms with van der Waals surface area (Å²) in [7, 11) is 0. The molecule has 2 aromatic rings. The number of hydrogen-bond acceptors (Lipinski definition) is 2. The Labute approximate surface area is 115 Å². The molecule has 2 aromatic carbocycles. The average molecular weight is 254 g/mol. The van der Waals surface area contributed by atoms with Crippen LogP contribution in [0.15, 0.2) is 48.5 Å². The van der Waals surface area contributed by atoms with Gasteiger partial charge in [-0.1, -0.05) is 38.1 Å². The Kier molecular flexibility index (Phi) is 3.79. The van der Waals surface area contributed by atoms with Crippen molar-refractivity contribution < 1.29 is 0 Å². The molecule has 100 valence electrons. The minimum Gasteiger partial charge on any atom is -0.399 e. The van der Waals surface area contributed by atoms with Crippen LogP contribution < -0.4 is 11.5 Å². The van der Waals surface area contributed by atoms with Crippen molar-refractivity contribution >= 4 is 11.4 Å². The maximum absolute atomic E-state index is 5.79. The highest BCUT2D eigenvalue weighted by atomic mass is 14.5. The topological polar surface area (TPSA) is 52.0 Å². The van der Waals surface area contributed by atoms with Crippen molar-refractivity contribution in [1.82, 2.24) is 0 Å². The molecule has 0 saturated heterocycles. The molecule has 0 unspecified atom stereocenters. The minimum atomic E-state index is 0.0431. The van der Waals surface area contributed by atoms with Gasteiger partial charge in [-0.25, -0.2) is 0 Å². The van der Waals surface area contributed by atoms with Crippen molar-refractivity contribution in [1.29, 1.82) is 0 Å². The van der Waals surface area contributed by atoms with Gasteiger partial charge < -0.3 is 11.5 Å². The van der Waals surface area contributed by atoms with Crippen molar-refractivity contribution in [2.75, 3.05) is 11.5 Å². The van der Waals surface area contributed by atoms with E-state index in [1.165, 1.54) is 11.1 Å². The first-order chi connectivity index (χ1) is 9.12. The van der Waals surface area contributed by atoms with E-state index >= 15 is 0 Å². The molecule has 0 aliphatic heterocycles. The van der Waals surface area contributed by atoms with E-state index in [-0.39, 0.29) is 5.41 Å². The first-order valence-electron chi connectivity index (χ1n) is 6.84. The van der Waals surface area contributed by atoms with Crippen LogP contribution in [0.2, 0.25) is 0 Å². The molecule has 0 spiro atoms. The Bertz CT molecular complexity index is 475. The summed E-state index contributed by atoms with van der Waals surface area (Å²) in [6, 6.07) is 16.5. The molecule has 0 atom stereocenters. The number of nitrogens with two attached hydrogens (primary N) is 2. The van der Waals surface area contributed by atoms with Crippen LogP contribution in [0.5, 0.6) is 0 Å². The second-order valence-electron chi connectivity index (χ2n) is 5.03. The highest BCUT2D eigenvalue weighted by Gasteiger charge is 2.30. The summed E-state index contributed by atoms with van der Waals surface area (Å²) in [6.45, 7) is 4.46. The number of nitrogen functional groups attached to an aromatic ring is 2. The van der Waals surface area contributed by atoms with Gasteiger partial charge in [-0.05, 0) is 48.2 Å². The molecule has 2 nitrogen and oxygen atoms in total. The van der Waals surface area contributed by atoms with Crippen LogP contribution >= 0.6 is 0 Å². The van der Waals surface area contributed by atoms with Gasteiger partial charge in [-0.2, -0.15) is 0 Å². The van der Waals surface area contributed by atoms with Crippen molar-refractivity contribution in [2.24, 2.45) is 0 Å². The highest BCUT2D eigenvalue weighted by Crippen LogP contribution is 2.39. The number of benzene rings is 2. The highest BCUT2D eigenvalue weighted by molar-refractivity contribution is 5.48. The van der Waals surface area contributed by atoms with Gasteiger partial charge in [0.2, 0.25) is 0 Å². The number of hydrogen-bond donors (Lipinski definition) is 2. The van der Waals surface area contributed by atoms with E-state index in [0.717, 1.165) is 24.2 Å². The predicted molar refractivity (Wildman–Crippen MR) is 83.1 cm³/mol. The molecule has 0 bridgehead atoms. The standard InChI is InChI=1S/C17H22N2/c1-3-17(4-2,13-5-9-15(18)10-6-13)14-7-11-16(19)12-8-14/h5-12H,3-4,18-19H2,1-2H3. The number of rotatable bonds is 4. The minimum absolute atomic E-state index is 0.0431. The Morgan fingerprint density at radius 1 is 0.684 bits per heavy atom. The molecule has 2 rings (SSSR count). The van der Waals surface area contributed by atoms with E-state index in [0.29, 0.717) is 0 Å². The molecular formula is C17H22N2. The third-order valence-electron chi connectivity index (χ3n) is 4.13. The fourth-order valence-electron chi connectivity index (χ4n) is 2.84. The van der Waals surface area contributed by atoms with Gasteiger partial charge in [0.25, 0.3) is 0 Å². The lowest BCUT2D eigenvalue weighted by Crippen LogP contribution is -2.26. The van der Waals surface area contributed by atoms with Gasteiger partial charge in [0.05, 0.1) is 0 Å². The van der Waals surface area contributed by atoms with Gasteiger partial charge in [-0.3, -0.25) is 0 Å². The molecule has 0 heterocycles. The Morgan fingerprint density at radius 2 is 1.00 bits per heavy atom. The number of anilines is 2. The van der Waals surface area contributed by atoms with Crippen molar-refractivity contribution in [2.45, 2.75) is 32.1 Å². The normalized spacial score (nSPS) is 11.5. The first kappa shape index (κ1) is 13.5. The van der Waals surface area contributed by atoms with Gasteiger partial charge in [0.15, 0.2) is 0 Å². The lowest BCUT2D eigenvalue weighted by molar-refractivity contribution is 0.478. The van der Waals surface area contributed by atoms with E-state index in [1.54, 1.807) is 0 Å². The average Bonchev–Trinajstić information content (AvgIpc) is 2.44. The monoisotopic (exact) mass is 254 g/mol. The zero-order valence-corrected chi connectivity index (χ0v) is 11.7. The van der Waals surface area contributed by atoms with E-state index in [2.05, 4.69) is 38.1 Å². The molecule has 2 heteroatoms. The smallest absolute Gasteiger partial charge is 0.0314 e. The second kappa shape index (κ2) is 5.35. The molecule has 4 N–H and O–H groups in total. The van der Waals surface area contributed by atoms with Crippen LogP contribution in [-0.2, 0) is 5.41 Å². The first-order valence-corrected chi connectivity index (χ1v) is 6.84. The van der Waals surface area contributed by atoms with Crippen LogP contribution in [0, 0.1) is 0 Å². The van der Waals surface area contributed by atoms with E-state index in [4.69, 9.17) is 11.5 Å². The molecule has 0 aliphatic rings. The maximum atomic E-state index is 5.79. The van der Waals surface area contributed by atoms with Crippen LogP contribution in [-0.4, -0.2) is 0 Å². The third kappa shape index (κ3) is 2.43. The fourth-order valence-corrected chi connectivity index (χ4v) is 2.84. The van der Waals surface area contributed by atoms with E-state index in [9.17, 15) is 0 Å². The summed E-state index contributed by atoms with van der Waals surface area (Å²) in [5.41, 5.74) is 15.9. The Hall–Kier alpha value is -1.96. The van der Waals surface area contributed by atoms with Crippen LogP contribution in [0.25, 0.3) is 0 Å². The Morgan fingerprint density at radius 3 is 1.26 bits per heavy atom. The van der Waals surface area contributed by atoms with Crippen LogP contribution in [0.3, 0.4) is 0 Å². The summed E-state index contributed by atoms with van der Waals surface area (Å²) in [6.07, 6.45) is 2.11. The van der Waals surface area contributed by atoms with Gasteiger partial charge in [0.1, 0.15) is 0 Å². The van der Waals surface area contributed by atoms with Crippen molar-refractivity contribution in [3.8, 4) is 0 Å². The summed E-state index contributed by atoms with van der Waals surface area (Å²) >= 11 is 0. The van der Waals surface area contributed by atoms with Crippen LogP contribution in [0.1, 0.15) is 37.8 Å². The zero-order chi connectivity index (χ0) is 13.9. The van der Waals surface area contributed by atoms with Crippen molar-refractivity contribution in [3.05, 3.63) is 59.7 Å². The largest absolute Gasteiger partial charge is 0.399 e. The second-order valence-corrected chi connectivity index (χ2v) is 5.03. The maximum Gasteiger partial charge on any atom is 0.0314 e. The predicted octanol–water partition coefficient (Wildman–Crippen LogP) is 3.96. The molecule has 0 radical (unpaired) electrons. The lowest BCUT2D eigenvalue weighted by atomic mass is 9.70. The lowest BCUT2D eigenvalue weighted by Gasteiger charge is -2.33. The fraction of sp³-hybridized carbons (Fsp3) is 0.294. The molecule has 0 aromatic heterocycles. The van der Waals surface area contributed by atoms with Gasteiger partial charge >= 0.3 is 0 Å². The summed E-state index contributed by atoms with van der Waals surface area (Å²) in [5.74, 6) is 0. The van der Waals surface area contributed by atoms with E-state index in [1.807, 2.05) is 24.3 Å². The summed E-state index contributed by atoms with van der Waals surface area (Å²) in [5, 5.41) is 0. The molecule has 0 fully saturated rings.